The smallest absolute Gasteiger partial charge is 0.237 e. The van der Waals surface area contributed by atoms with Crippen LogP contribution in [0.2, 0.25) is 0 Å². The SMILES string of the molecule is CSC1OC(C(NC(=O)C2CCC(C)CCN2)C(C)Cl)CC(N=O)C1O. The molecule has 0 spiro atoms. The Kier molecular flexibility index (Phi) is 8.60. The average Bonchev–Trinajstić information content (AvgIpc) is 2.84. The molecule has 0 aromatic rings. The monoisotopic (exact) mass is 407 g/mol. The van der Waals surface area contributed by atoms with Crippen molar-refractivity contribution in [3.05, 3.63) is 4.91 Å². The summed E-state index contributed by atoms with van der Waals surface area (Å²) in [4.78, 5) is 23.9. The highest BCUT2D eigenvalue weighted by Crippen LogP contribution is 2.31. The van der Waals surface area contributed by atoms with Crippen molar-refractivity contribution in [1.29, 1.82) is 0 Å². The predicted molar refractivity (Wildman–Crippen MR) is 104 cm³/mol. The molecule has 26 heavy (non-hydrogen) atoms. The molecule has 2 aliphatic heterocycles. The van der Waals surface area contributed by atoms with Crippen LogP contribution in [-0.4, -0.2) is 65.0 Å². The van der Waals surface area contributed by atoms with E-state index in [-0.39, 0.29) is 18.4 Å². The van der Waals surface area contributed by atoms with Crippen LogP contribution in [0, 0.1) is 10.8 Å². The lowest BCUT2D eigenvalue weighted by molar-refractivity contribution is -0.128. The van der Waals surface area contributed by atoms with Gasteiger partial charge in [0.25, 0.3) is 0 Å². The number of alkyl halides is 1. The van der Waals surface area contributed by atoms with Crippen LogP contribution in [0.1, 0.15) is 39.5 Å². The molecule has 2 aliphatic rings. The van der Waals surface area contributed by atoms with E-state index in [2.05, 4.69) is 22.7 Å². The zero-order valence-electron chi connectivity index (χ0n) is 15.6. The molecule has 150 valence electrons. The van der Waals surface area contributed by atoms with Crippen molar-refractivity contribution in [3.8, 4) is 0 Å². The molecule has 7 nitrogen and oxygen atoms in total. The van der Waals surface area contributed by atoms with Crippen LogP contribution in [0.5, 0.6) is 0 Å². The largest absolute Gasteiger partial charge is 0.387 e. The zero-order valence-corrected chi connectivity index (χ0v) is 17.1. The number of nitrogens with one attached hydrogen (secondary N) is 2. The summed E-state index contributed by atoms with van der Waals surface area (Å²) < 4.78 is 5.93. The summed E-state index contributed by atoms with van der Waals surface area (Å²) in [6.07, 6.45) is 3.46. The minimum Gasteiger partial charge on any atom is -0.387 e. The third kappa shape index (κ3) is 5.55. The van der Waals surface area contributed by atoms with Crippen LogP contribution in [0.3, 0.4) is 0 Å². The van der Waals surface area contributed by atoms with Crippen LogP contribution in [-0.2, 0) is 9.53 Å². The molecule has 0 aliphatic carbocycles. The van der Waals surface area contributed by atoms with Crippen molar-refractivity contribution in [2.45, 2.75) is 80.7 Å². The maximum atomic E-state index is 12.8. The number of carbonyl (C=O) groups is 1. The Morgan fingerprint density at radius 3 is 2.77 bits per heavy atom. The molecule has 8 atom stereocenters. The van der Waals surface area contributed by atoms with E-state index >= 15 is 0 Å². The Bertz CT molecular complexity index is 485. The lowest BCUT2D eigenvalue weighted by Gasteiger charge is -2.40. The molecule has 0 aromatic carbocycles. The van der Waals surface area contributed by atoms with E-state index < -0.39 is 35.1 Å². The summed E-state index contributed by atoms with van der Waals surface area (Å²) in [5.74, 6) is 0.510. The van der Waals surface area contributed by atoms with Gasteiger partial charge in [-0.1, -0.05) is 12.1 Å². The number of hydrogen-bond acceptors (Lipinski definition) is 7. The molecule has 1 amide bonds. The van der Waals surface area contributed by atoms with Crippen molar-refractivity contribution < 1.29 is 14.6 Å². The summed E-state index contributed by atoms with van der Waals surface area (Å²) in [7, 11) is 0. The fraction of sp³-hybridized carbons (Fsp3) is 0.941. The number of carbonyl (C=O) groups excluding carboxylic acids is 1. The average molecular weight is 408 g/mol. The molecule has 8 unspecified atom stereocenters. The zero-order chi connectivity index (χ0) is 19.3. The first kappa shape index (κ1) is 21.9. The topological polar surface area (TPSA) is 100 Å². The van der Waals surface area contributed by atoms with Gasteiger partial charge in [0.1, 0.15) is 17.6 Å². The number of hydrogen-bond donors (Lipinski definition) is 3. The van der Waals surface area contributed by atoms with E-state index in [9.17, 15) is 14.8 Å². The Balaban J connectivity index is 2.05. The second-order valence-corrected chi connectivity index (χ2v) is 8.99. The molecule has 0 radical (unpaired) electrons. The van der Waals surface area contributed by atoms with Crippen LogP contribution >= 0.6 is 23.4 Å². The molecular weight excluding hydrogens is 378 g/mol. The number of aliphatic hydroxyl groups excluding tert-OH is 1. The van der Waals surface area contributed by atoms with E-state index in [1.165, 1.54) is 11.8 Å². The lowest BCUT2D eigenvalue weighted by atomic mass is 9.94. The van der Waals surface area contributed by atoms with Gasteiger partial charge in [0.2, 0.25) is 5.91 Å². The number of nitroso groups, excluding NO2 is 1. The Morgan fingerprint density at radius 2 is 2.15 bits per heavy atom. The van der Waals surface area contributed by atoms with Gasteiger partial charge in [0.15, 0.2) is 0 Å². The van der Waals surface area contributed by atoms with Crippen LogP contribution in [0.25, 0.3) is 0 Å². The normalized spacial score (nSPS) is 38.0. The number of amides is 1. The van der Waals surface area contributed by atoms with Crippen molar-refractivity contribution in [3.63, 3.8) is 0 Å². The highest BCUT2D eigenvalue weighted by molar-refractivity contribution is 7.99. The van der Waals surface area contributed by atoms with Gasteiger partial charge in [-0.05, 0) is 44.9 Å². The second kappa shape index (κ2) is 10.2. The van der Waals surface area contributed by atoms with E-state index in [0.717, 1.165) is 25.8 Å². The first-order valence-electron chi connectivity index (χ1n) is 9.24. The van der Waals surface area contributed by atoms with Gasteiger partial charge in [-0.25, -0.2) is 0 Å². The molecule has 3 N–H and O–H groups in total. The molecule has 2 heterocycles. The fourth-order valence-electron chi connectivity index (χ4n) is 3.59. The van der Waals surface area contributed by atoms with Crippen molar-refractivity contribution in [1.82, 2.24) is 10.6 Å². The van der Waals surface area contributed by atoms with Crippen LogP contribution in [0.15, 0.2) is 5.18 Å². The van der Waals surface area contributed by atoms with Gasteiger partial charge < -0.3 is 20.5 Å². The molecule has 0 aromatic heterocycles. The van der Waals surface area contributed by atoms with E-state index in [4.69, 9.17) is 16.3 Å². The number of thioether (sulfide) groups is 1. The molecule has 9 heteroatoms. The maximum Gasteiger partial charge on any atom is 0.237 e. The molecule has 2 saturated heterocycles. The standard InChI is InChI=1S/C17H30ClN3O4S/c1-9-4-5-11(19-7-6-9)16(23)20-14(10(2)18)13-8-12(21-24)15(22)17(25-13)26-3/h9-15,17,19,22H,4-8H2,1-3H3,(H,20,23). The summed E-state index contributed by atoms with van der Waals surface area (Å²) in [5, 5.41) is 19.1. The third-order valence-corrected chi connectivity index (χ3v) is 6.45. The number of aliphatic hydroxyl groups is 1. The molecule has 2 fully saturated rings. The molecule has 2 rings (SSSR count). The van der Waals surface area contributed by atoms with Gasteiger partial charge in [-0.15, -0.1) is 23.4 Å². The van der Waals surface area contributed by atoms with Crippen molar-refractivity contribution >= 4 is 29.3 Å². The fourth-order valence-corrected chi connectivity index (χ4v) is 4.53. The number of halogens is 1. The van der Waals surface area contributed by atoms with E-state index in [1.807, 2.05) is 0 Å². The molecule has 0 saturated carbocycles. The Hall–Kier alpha value is -0.410. The number of ether oxygens (including phenoxy) is 1. The minimum absolute atomic E-state index is 0.0948. The van der Waals surface area contributed by atoms with Crippen molar-refractivity contribution in [2.75, 3.05) is 12.8 Å². The van der Waals surface area contributed by atoms with Gasteiger partial charge in [0.05, 0.1) is 23.6 Å². The number of rotatable bonds is 6. The molecule has 0 bridgehead atoms. The van der Waals surface area contributed by atoms with Gasteiger partial charge in [-0.3, -0.25) is 4.79 Å². The third-order valence-electron chi connectivity index (χ3n) is 5.32. The van der Waals surface area contributed by atoms with Crippen molar-refractivity contribution in [2.24, 2.45) is 11.1 Å². The highest BCUT2D eigenvalue weighted by Gasteiger charge is 2.43. The molecular formula is C17H30ClN3O4S. The summed E-state index contributed by atoms with van der Waals surface area (Å²) in [5.41, 5.74) is -0.567. The minimum atomic E-state index is -0.953. The maximum absolute atomic E-state index is 12.8. The van der Waals surface area contributed by atoms with Crippen LogP contribution in [0.4, 0.5) is 0 Å². The Labute approximate surface area is 164 Å². The number of nitrogens with zero attached hydrogens (tertiary/aromatic N) is 1. The second-order valence-electron chi connectivity index (χ2n) is 7.37. The predicted octanol–water partition coefficient (Wildman–Crippen LogP) is 1.85. The first-order chi connectivity index (χ1) is 12.4. The van der Waals surface area contributed by atoms with Gasteiger partial charge in [0, 0.05) is 6.42 Å². The summed E-state index contributed by atoms with van der Waals surface area (Å²) >= 11 is 7.66. The summed E-state index contributed by atoms with van der Waals surface area (Å²) in [6.45, 7) is 4.81. The van der Waals surface area contributed by atoms with E-state index in [1.54, 1.807) is 13.2 Å². The van der Waals surface area contributed by atoms with Gasteiger partial charge in [-0.2, -0.15) is 4.91 Å². The quantitative estimate of drug-likeness (QED) is 0.459. The lowest BCUT2D eigenvalue weighted by Crippen LogP contribution is -2.58. The first-order valence-corrected chi connectivity index (χ1v) is 11.0. The Morgan fingerprint density at radius 1 is 1.42 bits per heavy atom. The highest BCUT2D eigenvalue weighted by atomic mass is 35.5. The van der Waals surface area contributed by atoms with Gasteiger partial charge >= 0.3 is 0 Å². The van der Waals surface area contributed by atoms with E-state index in [0.29, 0.717) is 5.92 Å². The van der Waals surface area contributed by atoms with Crippen LogP contribution < -0.4 is 10.6 Å². The summed E-state index contributed by atoms with van der Waals surface area (Å²) in [6, 6.07) is -1.47.